The summed E-state index contributed by atoms with van der Waals surface area (Å²) < 4.78 is 6.20. The van der Waals surface area contributed by atoms with E-state index in [0.29, 0.717) is 6.04 Å². The van der Waals surface area contributed by atoms with E-state index < -0.39 is 0 Å². The summed E-state index contributed by atoms with van der Waals surface area (Å²) in [5.41, 5.74) is 0.776. The first-order chi connectivity index (χ1) is 11.1. The van der Waals surface area contributed by atoms with Crippen molar-refractivity contribution < 1.29 is 9.53 Å². The SMILES string of the molecule is CCN(C(=O)c1ccccc1)C1CCOC2(CCN(C)CC2)C1. The zero-order chi connectivity index (χ0) is 16.3. The highest BCUT2D eigenvalue weighted by atomic mass is 16.5. The second-order valence-corrected chi connectivity index (χ2v) is 6.94. The minimum Gasteiger partial charge on any atom is -0.375 e. The first-order valence-corrected chi connectivity index (χ1v) is 8.82. The van der Waals surface area contributed by atoms with Crippen LogP contribution in [0.2, 0.25) is 0 Å². The van der Waals surface area contributed by atoms with Crippen LogP contribution in [-0.2, 0) is 4.74 Å². The Morgan fingerprint density at radius 3 is 2.65 bits per heavy atom. The van der Waals surface area contributed by atoms with Gasteiger partial charge in [0.2, 0.25) is 0 Å². The number of carbonyl (C=O) groups is 1. The normalized spacial score (nSPS) is 24.5. The molecule has 0 aromatic heterocycles. The summed E-state index contributed by atoms with van der Waals surface area (Å²) in [5.74, 6) is 0.156. The Kier molecular flexibility index (Phi) is 5.02. The number of piperidine rings is 1. The third kappa shape index (κ3) is 3.59. The Balaban J connectivity index is 1.72. The Morgan fingerprint density at radius 2 is 2.00 bits per heavy atom. The van der Waals surface area contributed by atoms with E-state index in [0.717, 1.165) is 57.5 Å². The van der Waals surface area contributed by atoms with Crippen LogP contribution in [0.5, 0.6) is 0 Å². The Hall–Kier alpha value is -1.39. The van der Waals surface area contributed by atoms with Crippen molar-refractivity contribution in [1.29, 1.82) is 0 Å². The highest BCUT2D eigenvalue weighted by Crippen LogP contribution is 2.36. The van der Waals surface area contributed by atoms with Gasteiger partial charge in [-0.1, -0.05) is 18.2 Å². The molecule has 0 saturated carbocycles. The molecule has 3 rings (SSSR count). The van der Waals surface area contributed by atoms with Crippen molar-refractivity contribution in [3.8, 4) is 0 Å². The van der Waals surface area contributed by atoms with Crippen molar-refractivity contribution >= 4 is 5.91 Å². The quantitative estimate of drug-likeness (QED) is 0.859. The lowest BCUT2D eigenvalue weighted by atomic mass is 9.82. The molecule has 1 aromatic carbocycles. The van der Waals surface area contributed by atoms with Crippen LogP contribution >= 0.6 is 0 Å². The van der Waals surface area contributed by atoms with Crippen molar-refractivity contribution in [3.05, 3.63) is 35.9 Å². The maximum atomic E-state index is 12.9. The summed E-state index contributed by atoms with van der Waals surface area (Å²) in [6, 6.07) is 9.94. The number of rotatable bonds is 3. The van der Waals surface area contributed by atoms with Gasteiger partial charge in [-0.2, -0.15) is 0 Å². The zero-order valence-corrected chi connectivity index (χ0v) is 14.3. The molecule has 2 saturated heterocycles. The molecule has 2 aliphatic rings. The largest absolute Gasteiger partial charge is 0.375 e. The molecule has 0 aliphatic carbocycles. The summed E-state index contributed by atoms with van der Waals surface area (Å²) in [6.07, 6.45) is 4.09. The van der Waals surface area contributed by atoms with E-state index in [2.05, 4.69) is 23.8 Å². The smallest absolute Gasteiger partial charge is 0.254 e. The molecule has 4 heteroatoms. The number of nitrogens with zero attached hydrogens (tertiary/aromatic N) is 2. The summed E-state index contributed by atoms with van der Waals surface area (Å²) in [5, 5.41) is 0. The van der Waals surface area contributed by atoms with E-state index in [9.17, 15) is 4.79 Å². The van der Waals surface area contributed by atoms with Gasteiger partial charge >= 0.3 is 0 Å². The molecular formula is C19H28N2O2. The number of hydrogen-bond donors (Lipinski definition) is 0. The highest BCUT2D eigenvalue weighted by molar-refractivity contribution is 5.94. The number of carbonyl (C=O) groups excluding carboxylic acids is 1. The van der Waals surface area contributed by atoms with Crippen LogP contribution in [0, 0.1) is 0 Å². The summed E-state index contributed by atoms with van der Waals surface area (Å²) >= 11 is 0. The number of likely N-dealkylation sites (tertiary alicyclic amines) is 1. The fraction of sp³-hybridized carbons (Fsp3) is 0.632. The van der Waals surface area contributed by atoms with Crippen LogP contribution < -0.4 is 0 Å². The molecular weight excluding hydrogens is 288 g/mol. The van der Waals surface area contributed by atoms with Gasteiger partial charge in [0.25, 0.3) is 5.91 Å². The average molecular weight is 316 g/mol. The van der Waals surface area contributed by atoms with Crippen LogP contribution in [0.15, 0.2) is 30.3 Å². The van der Waals surface area contributed by atoms with Gasteiger partial charge in [0.1, 0.15) is 0 Å². The van der Waals surface area contributed by atoms with Gasteiger partial charge in [0.15, 0.2) is 0 Å². The van der Waals surface area contributed by atoms with Crippen LogP contribution in [-0.4, -0.2) is 60.6 Å². The lowest BCUT2D eigenvalue weighted by Crippen LogP contribution is -2.54. The highest BCUT2D eigenvalue weighted by Gasteiger charge is 2.42. The van der Waals surface area contributed by atoms with Gasteiger partial charge in [0.05, 0.1) is 5.60 Å². The van der Waals surface area contributed by atoms with E-state index in [1.54, 1.807) is 0 Å². The Bertz CT molecular complexity index is 523. The van der Waals surface area contributed by atoms with Crippen molar-refractivity contribution in [1.82, 2.24) is 9.80 Å². The average Bonchev–Trinajstić information content (AvgIpc) is 2.59. The van der Waals surface area contributed by atoms with E-state index in [1.165, 1.54) is 0 Å². The lowest BCUT2D eigenvalue weighted by Gasteiger charge is -2.47. The topological polar surface area (TPSA) is 32.8 Å². The van der Waals surface area contributed by atoms with Crippen molar-refractivity contribution in [2.24, 2.45) is 0 Å². The van der Waals surface area contributed by atoms with Gasteiger partial charge in [-0.15, -0.1) is 0 Å². The minimum atomic E-state index is -0.0141. The molecule has 2 aliphatic heterocycles. The summed E-state index contributed by atoms with van der Waals surface area (Å²) in [6.45, 7) is 5.79. The number of amides is 1. The van der Waals surface area contributed by atoms with E-state index in [1.807, 2.05) is 30.3 Å². The summed E-state index contributed by atoms with van der Waals surface area (Å²) in [4.78, 5) is 17.3. The van der Waals surface area contributed by atoms with Crippen LogP contribution in [0.3, 0.4) is 0 Å². The van der Waals surface area contributed by atoms with Crippen LogP contribution in [0.25, 0.3) is 0 Å². The fourth-order valence-electron chi connectivity index (χ4n) is 3.96. The predicted molar refractivity (Wildman–Crippen MR) is 91.6 cm³/mol. The van der Waals surface area contributed by atoms with Crippen LogP contribution in [0.1, 0.15) is 43.0 Å². The van der Waals surface area contributed by atoms with Crippen molar-refractivity contribution in [3.63, 3.8) is 0 Å². The molecule has 2 heterocycles. The third-order valence-electron chi connectivity index (χ3n) is 5.43. The number of ether oxygens (including phenoxy) is 1. The molecule has 1 amide bonds. The molecule has 23 heavy (non-hydrogen) atoms. The number of hydrogen-bond acceptors (Lipinski definition) is 3. The molecule has 2 fully saturated rings. The lowest BCUT2D eigenvalue weighted by molar-refractivity contribution is -0.127. The second kappa shape index (κ2) is 7.02. The standard InChI is InChI=1S/C19H28N2O2/c1-3-21(18(22)16-7-5-4-6-8-16)17-9-14-23-19(15-17)10-12-20(2)13-11-19/h4-8,17H,3,9-15H2,1-2H3. The first kappa shape index (κ1) is 16.5. The fourth-order valence-corrected chi connectivity index (χ4v) is 3.96. The molecule has 1 aromatic rings. The van der Waals surface area contributed by atoms with Crippen LogP contribution in [0.4, 0.5) is 0 Å². The first-order valence-electron chi connectivity index (χ1n) is 8.82. The molecule has 1 unspecified atom stereocenters. The van der Waals surface area contributed by atoms with E-state index >= 15 is 0 Å². The second-order valence-electron chi connectivity index (χ2n) is 6.94. The van der Waals surface area contributed by atoms with Gasteiger partial charge < -0.3 is 14.5 Å². The van der Waals surface area contributed by atoms with Crippen molar-refractivity contribution in [2.45, 2.75) is 44.2 Å². The number of benzene rings is 1. The Labute approximate surface area is 139 Å². The van der Waals surface area contributed by atoms with E-state index in [4.69, 9.17) is 4.74 Å². The monoisotopic (exact) mass is 316 g/mol. The minimum absolute atomic E-state index is 0.0141. The zero-order valence-electron chi connectivity index (χ0n) is 14.3. The molecule has 1 spiro atoms. The molecule has 0 N–H and O–H groups in total. The molecule has 0 radical (unpaired) electrons. The molecule has 1 atom stereocenters. The third-order valence-corrected chi connectivity index (χ3v) is 5.43. The molecule has 0 bridgehead atoms. The summed E-state index contributed by atoms with van der Waals surface area (Å²) in [7, 11) is 2.17. The van der Waals surface area contributed by atoms with E-state index in [-0.39, 0.29) is 11.5 Å². The van der Waals surface area contributed by atoms with Crippen molar-refractivity contribution in [2.75, 3.05) is 33.3 Å². The molecule has 126 valence electrons. The maximum absolute atomic E-state index is 12.9. The molecule has 4 nitrogen and oxygen atoms in total. The van der Waals surface area contributed by atoms with Gasteiger partial charge in [-0.3, -0.25) is 4.79 Å². The maximum Gasteiger partial charge on any atom is 0.254 e. The van der Waals surface area contributed by atoms with Gasteiger partial charge in [-0.25, -0.2) is 0 Å². The Morgan fingerprint density at radius 1 is 1.30 bits per heavy atom. The predicted octanol–water partition coefficient (Wildman–Crippen LogP) is 2.79. The van der Waals surface area contributed by atoms with Gasteiger partial charge in [0, 0.05) is 37.8 Å². The van der Waals surface area contributed by atoms with Gasteiger partial charge in [-0.05, 0) is 51.8 Å².